The van der Waals surface area contributed by atoms with Gasteiger partial charge in [0.2, 0.25) is 0 Å². The number of benzene rings is 8. The standard InChI is InChI=1S/C46H37N/c1-29-25-26-46(2)42(27-29)41-28-33(19-24-43(41)47(46)34-11-4-3-5-12-34)36-20-15-31-18-23-40-38(21-16-32-17-22-39(36)44(31)45(32)40)37-14-8-10-30-9-6-7-13-35(30)37/h3-24,28-29,42H,25-27H2,1-2H3. The van der Waals surface area contributed by atoms with Gasteiger partial charge in [0.05, 0.1) is 0 Å². The first-order valence-corrected chi connectivity index (χ1v) is 17.3. The van der Waals surface area contributed by atoms with E-state index < -0.39 is 0 Å². The quantitative estimate of drug-likeness (QED) is 0.182. The third kappa shape index (κ3) is 3.83. The molecule has 0 aromatic heterocycles. The third-order valence-corrected chi connectivity index (χ3v) is 11.8. The van der Waals surface area contributed by atoms with Gasteiger partial charge in [0.1, 0.15) is 0 Å². The van der Waals surface area contributed by atoms with Gasteiger partial charge >= 0.3 is 0 Å². The summed E-state index contributed by atoms with van der Waals surface area (Å²) in [5.74, 6) is 1.26. The van der Waals surface area contributed by atoms with Crippen LogP contribution in [-0.2, 0) is 0 Å². The van der Waals surface area contributed by atoms with Gasteiger partial charge in [0.15, 0.2) is 0 Å². The van der Waals surface area contributed by atoms with E-state index in [0.29, 0.717) is 5.92 Å². The second-order valence-electron chi connectivity index (χ2n) is 14.4. The number of rotatable bonds is 3. The molecule has 1 heterocycles. The average molecular weight is 604 g/mol. The van der Waals surface area contributed by atoms with Crippen molar-refractivity contribution >= 4 is 54.5 Å². The predicted octanol–water partition coefficient (Wildman–Crippen LogP) is 12.9. The smallest absolute Gasteiger partial charge is 0.0492 e. The molecule has 0 saturated heterocycles. The van der Waals surface area contributed by atoms with Crippen molar-refractivity contribution in [2.75, 3.05) is 4.90 Å². The Labute approximate surface area is 276 Å². The van der Waals surface area contributed by atoms with Crippen LogP contribution in [0.1, 0.15) is 44.6 Å². The summed E-state index contributed by atoms with van der Waals surface area (Å²) in [7, 11) is 0. The van der Waals surface area contributed by atoms with Gasteiger partial charge in [-0.15, -0.1) is 0 Å². The zero-order valence-corrected chi connectivity index (χ0v) is 27.0. The second kappa shape index (κ2) is 9.93. The summed E-state index contributed by atoms with van der Waals surface area (Å²) in [4.78, 5) is 2.67. The number of anilines is 2. The number of nitrogens with zero attached hydrogens (tertiary/aromatic N) is 1. The van der Waals surface area contributed by atoms with E-state index in [0.717, 1.165) is 5.92 Å². The monoisotopic (exact) mass is 603 g/mol. The van der Waals surface area contributed by atoms with E-state index in [9.17, 15) is 0 Å². The molecule has 0 amide bonds. The van der Waals surface area contributed by atoms with Crippen LogP contribution in [0.2, 0.25) is 0 Å². The number of hydrogen-bond donors (Lipinski definition) is 0. The van der Waals surface area contributed by atoms with E-state index in [1.54, 1.807) is 0 Å². The molecule has 0 N–H and O–H groups in total. The fourth-order valence-corrected chi connectivity index (χ4v) is 9.46. The van der Waals surface area contributed by atoms with Crippen molar-refractivity contribution in [3.05, 3.63) is 145 Å². The van der Waals surface area contributed by atoms with Gasteiger partial charge in [-0.1, -0.05) is 122 Å². The van der Waals surface area contributed by atoms with Gasteiger partial charge in [0, 0.05) is 22.8 Å². The SMILES string of the molecule is CC1CCC2(C)C(C1)c1cc(-c3ccc4ccc5c(-c6cccc7ccccc67)ccc6ccc3c4c65)ccc1N2c1ccccc1. The molecular weight excluding hydrogens is 567 g/mol. The predicted molar refractivity (Wildman–Crippen MR) is 201 cm³/mol. The summed E-state index contributed by atoms with van der Waals surface area (Å²) in [5.41, 5.74) is 9.57. The van der Waals surface area contributed by atoms with Crippen LogP contribution in [0.4, 0.5) is 11.4 Å². The molecule has 47 heavy (non-hydrogen) atoms. The van der Waals surface area contributed by atoms with Crippen LogP contribution in [0.3, 0.4) is 0 Å². The largest absolute Gasteiger partial charge is 0.335 e. The van der Waals surface area contributed by atoms with Crippen molar-refractivity contribution in [1.29, 1.82) is 0 Å². The van der Waals surface area contributed by atoms with Crippen molar-refractivity contribution in [1.82, 2.24) is 0 Å². The fourth-order valence-electron chi connectivity index (χ4n) is 9.46. The Kier molecular flexibility index (Phi) is 5.71. The lowest BCUT2D eigenvalue weighted by molar-refractivity contribution is 0.237. The highest BCUT2D eigenvalue weighted by Crippen LogP contribution is 2.59. The Morgan fingerprint density at radius 3 is 2.04 bits per heavy atom. The van der Waals surface area contributed by atoms with Gasteiger partial charge in [-0.2, -0.15) is 0 Å². The van der Waals surface area contributed by atoms with Crippen LogP contribution in [0.15, 0.2) is 140 Å². The minimum absolute atomic E-state index is 0.0927. The molecule has 1 aliphatic heterocycles. The number of hydrogen-bond acceptors (Lipinski definition) is 1. The lowest BCUT2D eigenvalue weighted by atomic mass is 9.69. The maximum Gasteiger partial charge on any atom is 0.0492 e. The van der Waals surface area contributed by atoms with Crippen molar-refractivity contribution in [3.63, 3.8) is 0 Å². The number of para-hydroxylation sites is 1. The fraction of sp³-hybridized carbons (Fsp3) is 0.174. The van der Waals surface area contributed by atoms with Crippen LogP contribution >= 0.6 is 0 Å². The molecular formula is C46H37N. The molecule has 3 unspecified atom stereocenters. The molecule has 1 fully saturated rings. The lowest BCUT2D eigenvalue weighted by Crippen LogP contribution is -2.46. The van der Waals surface area contributed by atoms with Gasteiger partial charge in [-0.05, 0) is 127 Å². The van der Waals surface area contributed by atoms with Crippen molar-refractivity contribution in [2.45, 2.75) is 44.6 Å². The van der Waals surface area contributed by atoms with Gasteiger partial charge in [-0.3, -0.25) is 0 Å². The highest BCUT2D eigenvalue weighted by atomic mass is 15.2. The molecule has 2 aliphatic rings. The third-order valence-electron chi connectivity index (χ3n) is 11.8. The molecule has 3 atom stereocenters. The maximum atomic E-state index is 2.67. The highest BCUT2D eigenvalue weighted by Gasteiger charge is 2.51. The molecule has 226 valence electrons. The summed E-state index contributed by atoms with van der Waals surface area (Å²) in [6.07, 6.45) is 3.74. The van der Waals surface area contributed by atoms with E-state index in [2.05, 4.69) is 158 Å². The number of fused-ring (bicyclic) bond motifs is 4. The average Bonchev–Trinajstić information content (AvgIpc) is 3.37. The minimum atomic E-state index is 0.0927. The Balaban J connectivity index is 1.18. The molecule has 1 heteroatoms. The molecule has 0 bridgehead atoms. The first-order valence-electron chi connectivity index (χ1n) is 17.3. The van der Waals surface area contributed by atoms with Crippen molar-refractivity contribution < 1.29 is 0 Å². The van der Waals surface area contributed by atoms with Crippen LogP contribution in [0.5, 0.6) is 0 Å². The van der Waals surface area contributed by atoms with Crippen molar-refractivity contribution in [3.8, 4) is 22.3 Å². The zero-order valence-electron chi connectivity index (χ0n) is 27.0. The summed E-state index contributed by atoms with van der Waals surface area (Å²) in [5, 5.41) is 10.6. The van der Waals surface area contributed by atoms with E-state index in [1.807, 2.05) is 0 Å². The van der Waals surface area contributed by atoms with Crippen LogP contribution in [0.25, 0.3) is 65.3 Å². The molecule has 1 nitrogen and oxygen atoms in total. The van der Waals surface area contributed by atoms with Gasteiger partial charge < -0.3 is 4.90 Å². The molecule has 1 saturated carbocycles. The first kappa shape index (κ1) is 27.0. The Morgan fingerprint density at radius 2 is 1.23 bits per heavy atom. The lowest BCUT2D eigenvalue weighted by Gasteiger charge is -2.45. The molecule has 8 aromatic carbocycles. The normalized spacial score (nSPS) is 20.8. The van der Waals surface area contributed by atoms with E-state index >= 15 is 0 Å². The van der Waals surface area contributed by atoms with E-state index in [1.165, 1.54) is 102 Å². The summed E-state index contributed by atoms with van der Waals surface area (Å²) >= 11 is 0. The molecule has 0 radical (unpaired) electrons. The highest BCUT2D eigenvalue weighted by molar-refractivity contribution is 6.28. The van der Waals surface area contributed by atoms with Crippen LogP contribution in [-0.4, -0.2) is 5.54 Å². The van der Waals surface area contributed by atoms with Gasteiger partial charge in [-0.25, -0.2) is 0 Å². The second-order valence-corrected chi connectivity index (χ2v) is 14.4. The Morgan fingerprint density at radius 1 is 0.574 bits per heavy atom. The van der Waals surface area contributed by atoms with Crippen LogP contribution < -0.4 is 4.90 Å². The maximum absolute atomic E-state index is 2.67. The molecule has 8 aromatic rings. The first-order chi connectivity index (χ1) is 23.1. The van der Waals surface area contributed by atoms with Gasteiger partial charge in [0.25, 0.3) is 0 Å². The topological polar surface area (TPSA) is 3.24 Å². The summed E-state index contributed by atoms with van der Waals surface area (Å²) in [6.45, 7) is 4.96. The summed E-state index contributed by atoms with van der Waals surface area (Å²) in [6, 6.07) is 52.6. The van der Waals surface area contributed by atoms with E-state index in [-0.39, 0.29) is 5.54 Å². The minimum Gasteiger partial charge on any atom is -0.335 e. The zero-order chi connectivity index (χ0) is 31.3. The van der Waals surface area contributed by atoms with Crippen molar-refractivity contribution in [2.24, 2.45) is 5.92 Å². The molecule has 1 aliphatic carbocycles. The Hall–Kier alpha value is -5.14. The van der Waals surface area contributed by atoms with E-state index in [4.69, 9.17) is 0 Å². The van der Waals surface area contributed by atoms with Crippen LogP contribution in [0, 0.1) is 5.92 Å². The molecule has 0 spiro atoms. The Bertz CT molecular complexity index is 2490. The molecule has 10 rings (SSSR count). The summed E-state index contributed by atoms with van der Waals surface area (Å²) < 4.78 is 0.